The van der Waals surface area contributed by atoms with Gasteiger partial charge in [-0.3, -0.25) is 4.79 Å². The summed E-state index contributed by atoms with van der Waals surface area (Å²) in [5, 5.41) is 10.3. The number of amides is 1. The number of aromatic nitrogens is 5. The highest BCUT2D eigenvalue weighted by Crippen LogP contribution is 2.29. The molecule has 0 spiro atoms. The Balaban J connectivity index is 1.54. The lowest BCUT2D eigenvalue weighted by Gasteiger charge is -2.13. The molecule has 0 aliphatic carbocycles. The third-order valence-corrected chi connectivity index (χ3v) is 6.13. The van der Waals surface area contributed by atoms with E-state index in [1.165, 1.54) is 0 Å². The van der Waals surface area contributed by atoms with Crippen LogP contribution in [-0.4, -0.2) is 30.6 Å². The largest absolute Gasteiger partial charge is 0.342 e. The molecular weight excluding hydrogens is 408 g/mol. The van der Waals surface area contributed by atoms with Crippen molar-refractivity contribution >= 4 is 39.3 Å². The second kappa shape index (κ2) is 7.63. The number of hydrogen-bond donors (Lipinski definition) is 2. The van der Waals surface area contributed by atoms with Crippen molar-refractivity contribution in [3.63, 3.8) is 0 Å². The number of aromatic amines is 1. The highest BCUT2D eigenvalue weighted by atomic mass is 32.1. The van der Waals surface area contributed by atoms with E-state index in [-0.39, 0.29) is 18.0 Å². The molecule has 2 N–H and O–H groups in total. The lowest BCUT2D eigenvalue weighted by Crippen LogP contribution is -2.27. The molecule has 0 radical (unpaired) electrons. The van der Waals surface area contributed by atoms with Gasteiger partial charge in [0.25, 0.3) is 5.91 Å². The number of nitrogens with zero attached hydrogens (tertiary/aromatic N) is 4. The van der Waals surface area contributed by atoms with Crippen LogP contribution in [0.15, 0.2) is 54.0 Å². The molecule has 8 heteroatoms. The van der Waals surface area contributed by atoms with Gasteiger partial charge in [0.05, 0.1) is 44.8 Å². The molecule has 0 aliphatic rings. The van der Waals surface area contributed by atoms with Crippen LogP contribution in [0.3, 0.4) is 0 Å². The van der Waals surface area contributed by atoms with Crippen LogP contribution in [0.2, 0.25) is 0 Å². The van der Waals surface area contributed by atoms with Crippen LogP contribution in [0, 0.1) is 0 Å². The fraction of sp³-hybridized carbons (Fsp3) is 0.217. The Bertz CT molecular complexity index is 1350. The molecule has 4 heterocycles. The standard InChI is InChI=1S/C23H22N6OS/c1-13(2)29-22-16(12-24-29)15(11-19(28-22)20-9-6-10-31-20)23(30)25-14(3)21-26-17-7-4-5-8-18(17)27-21/h4-14H,1-3H3,(H,25,30)(H,26,27)/t14-/m0/s1. The first-order valence-electron chi connectivity index (χ1n) is 10.2. The van der Waals surface area contributed by atoms with Crippen molar-refractivity contribution in [1.82, 2.24) is 30.0 Å². The van der Waals surface area contributed by atoms with Crippen LogP contribution in [0.4, 0.5) is 0 Å². The summed E-state index contributed by atoms with van der Waals surface area (Å²) in [7, 11) is 0. The van der Waals surface area contributed by atoms with E-state index in [0.717, 1.165) is 32.8 Å². The highest BCUT2D eigenvalue weighted by molar-refractivity contribution is 7.13. The summed E-state index contributed by atoms with van der Waals surface area (Å²) in [4.78, 5) is 27.1. The minimum Gasteiger partial charge on any atom is -0.342 e. The van der Waals surface area contributed by atoms with Gasteiger partial charge in [-0.1, -0.05) is 18.2 Å². The molecule has 0 unspecified atom stereocenters. The summed E-state index contributed by atoms with van der Waals surface area (Å²) >= 11 is 1.60. The van der Waals surface area contributed by atoms with E-state index in [1.807, 2.05) is 59.5 Å². The number of thiophene rings is 1. The van der Waals surface area contributed by atoms with Crippen molar-refractivity contribution in [1.29, 1.82) is 0 Å². The van der Waals surface area contributed by atoms with Gasteiger partial charge in [-0.25, -0.2) is 14.6 Å². The van der Waals surface area contributed by atoms with E-state index in [9.17, 15) is 4.79 Å². The molecule has 0 saturated heterocycles. The average molecular weight is 431 g/mol. The number of fused-ring (bicyclic) bond motifs is 2. The van der Waals surface area contributed by atoms with E-state index in [0.29, 0.717) is 11.2 Å². The third kappa shape index (κ3) is 3.48. The summed E-state index contributed by atoms with van der Waals surface area (Å²) in [6, 6.07) is 13.5. The first kappa shape index (κ1) is 19.4. The Labute approximate surface area is 183 Å². The van der Waals surface area contributed by atoms with E-state index in [2.05, 4.69) is 34.2 Å². The van der Waals surface area contributed by atoms with Gasteiger partial charge >= 0.3 is 0 Å². The van der Waals surface area contributed by atoms with Crippen LogP contribution in [-0.2, 0) is 0 Å². The number of imidazole rings is 1. The topological polar surface area (TPSA) is 88.5 Å². The number of para-hydroxylation sites is 2. The van der Waals surface area contributed by atoms with E-state index in [4.69, 9.17) is 4.98 Å². The Morgan fingerprint density at radius 3 is 2.71 bits per heavy atom. The molecule has 1 amide bonds. The number of benzene rings is 1. The van der Waals surface area contributed by atoms with Gasteiger partial charge in [-0.15, -0.1) is 11.3 Å². The van der Waals surface area contributed by atoms with Gasteiger partial charge in [0.2, 0.25) is 0 Å². The first-order valence-corrected chi connectivity index (χ1v) is 11.1. The summed E-state index contributed by atoms with van der Waals surface area (Å²) in [6.45, 7) is 6.02. The van der Waals surface area contributed by atoms with Crippen LogP contribution >= 0.6 is 11.3 Å². The van der Waals surface area contributed by atoms with E-state index >= 15 is 0 Å². The molecule has 5 rings (SSSR count). The van der Waals surface area contributed by atoms with Crippen LogP contribution < -0.4 is 5.32 Å². The van der Waals surface area contributed by atoms with E-state index < -0.39 is 0 Å². The molecule has 1 aromatic carbocycles. The van der Waals surface area contributed by atoms with Gasteiger partial charge in [-0.05, 0) is 50.4 Å². The number of nitrogens with one attached hydrogen (secondary N) is 2. The minimum absolute atomic E-state index is 0.133. The third-order valence-electron chi connectivity index (χ3n) is 5.24. The van der Waals surface area contributed by atoms with Crippen molar-refractivity contribution in [3.05, 3.63) is 65.4 Å². The molecule has 4 aromatic heterocycles. The number of carbonyl (C=O) groups excluding carboxylic acids is 1. The van der Waals surface area contributed by atoms with Gasteiger partial charge in [0.15, 0.2) is 5.65 Å². The zero-order chi connectivity index (χ0) is 21.5. The van der Waals surface area contributed by atoms with Gasteiger partial charge in [0, 0.05) is 6.04 Å². The summed E-state index contributed by atoms with van der Waals surface area (Å²) in [5.41, 5.74) is 3.86. The number of pyridine rings is 1. The minimum atomic E-state index is -0.284. The van der Waals surface area contributed by atoms with Crippen LogP contribution in [0.1, 0.15) is 49.0 Å². The number of carbonyl (C=O) groups is 1. The van der Waals surface area contributed by atoms with Crippen molar-refractivity contribution < 1.29 is 4.79 Å². The molecule has 0 fully saturated rings. The van der Waals surface area contributed by atoms with Crippen molar-refractivity contribution in [2.75, 3.05) is 0 Å². The molecule has 7 nitrogen and oxygen atoms in total. The Morgan fingerprint density at radius 2 is 1.97 bits per heavy atom. The zero-order valence-corrected chi connectivity index (χ0v) is 18.3. The molecule has 0 aliphatic heterocycles. The Kier molecular flexibility index (Phi) is 4.78. The lowest BCUT2D eigenvalue weighted by atomic mass is 10.1. The molecule has 1 atom stereocenters. The van der Waals surface area contributed by atoms with E-state index in [1.54, 1.807) is 17.5 Å². The SMILES string of the molecule is CC(C)n1ncc2c(C(=O)N[C@@H](C)c3nc4ccccc4[nH]3)cc(-c3cccs3)nc21. The van der Waals surface area contributed by atoms with Crippen molar-refractivity contribution in [2.45, 2.75) is 32.9 Å². The monoisotopic (exact) mass is 430 g/mol. The molecule has 0 saturated carbocycles. The maximum absolute atomic E-state index is 13.3. The predicted molar refractivity (Wildman–Crippen MR) is 123 cm³/mol. The normalized spacial score (nSPS) is 12.6. The summed E-state index contributed by atoms with van der Waals surface area (Å²) in [6.07, 6.45) is 1.72. The second-order valence-electron chi connectivity index (χ2n) is 7.79. The first-order chi connectivity index (χ1) is 15.0. The lowest BCUT2D eigenvalue weighted by molar-refractivity contribution is 0.0940. The predicted octanol–water partition coefficient (Wildman–Crippen LogP) is 5.11. The smallest absolute Gasteiger partial charge is 0.252 e. The average Bonchev–Trinajstić information content (AvgIpc) is 3.51. The fourth-order valence-electron chi connectivity index (χ4n) is 3.65. The van der Waals surface area contributed by atoms with Crippen LogP contribution in [0.5, 0.6) is 0 Å². The molecular formula is C23H22N6OS. The highest BCUT2D eigenvalue weighted by Gasteiger charge is 2.21. The number of rotatable bonds is 5. The van der Waals surface area contributed by atoms with Gasteiger partial charge in [-0.2, -0.15) is 5.10 Å². The Hall–Kier alpha value is -3.52. The molecule has 156 valence electrons. The van der Waals surface area contributed by atoms with Crippen LogP contribution in [0.25, 0.3) is 32.6 Å². The van der Waals surface area contributed by atoms with Gasteiger partial charge in [0.1, 0.15) is 5.82 Å². The molecule has 5 aromatic rings. The number of H-pyrrole nitrogens is 1. The number of hydrogen-bond acceptors (Lipinski definition) is 5. The van der Waals surface area contributed by atoms with Crippen molar-refractivity contribution in [3.8, 4) is 10.6 Å². The maximum Gasteiger partial charge on any atom is 0.252 e. The van der Waals surface area contributed by atoms with Crippen molar-refractivity contribution in [2.24, 2.45) is 0 Å². The summed E-state index contributed by atoms with van der Waals surface area (Å²) in [5.74, 6) is 0.540. The van der Waals surface area contributed by atoms with Gasteiger partial charge < -0.3 is 10.3 Å². The molecule has 31 heavy (non-hydrogen) atoms. The maximum atomic E-state index is 13.3. The summed E-state index contributed by atoms with van der Waals surface area (Å²) < 4.78 is 1.85. The zero-order valence-electron chi connectivity index (χ0n) is 17.5. The second-order valence-corrected chi connectivity index (χ2v) is 8.73. The Morgan fingerprint density at radius 1 is 1.13 bits per heavy atom. The fourth-order valence-corrected chi connectivity index (χ4v) is 4.34. The quantitative estimate of drug-likeness (QED) is 0.406. The molecule has 0 bridgehead atoms.